The molecule has 0 aliphatic carbocycles. The first-order chi connectivity index (χ1) is 11.1. The Morgan fingerprint density at radius 3 is 2.78 bits per heavy atom. The summed E-state index contributed by atoms with van der Waals surface area (Å²) in [5.74, 6) is 0.214. The molecule has 0 radical (unpaired) electrons. The number of hydrogen-bond donors (Lipinski definition) is 0. The second-order valence-electron chi connectivity index (χ2n) is 4.78. The van der Waals surface area contributed by atoms with E-state index < -0.39 is 5.97 Å². The van der Waals surface area contributed by atoms with Gasteiger partial charge >= 0.3 is 5.97 Å². The van der Waals surface area contributed by atoms with Gasteiger partial charge in [0.25, 0.3) is 0 Å². The van der Waals surface area contributed by atoms with Crippen LogP contribution in [0.2, 0.25) is 0 Å². The Kier molecular flexibility index (Phi) is 4.29. The van der Waals surface area contributed by atoms with Crippen LogP contribution < -0.4 is 0 Å². The van der Waals surface area contributed by atoms with Crippen molar-refractivity contribution < 1.29 is 14.2 Å². The molecule has 0 saturated heterocycles. The van der Waals surface area contributed by atoms with Gasteiger partial charge in [0.05, 0.1) is 11.3 Å². The molecule has 3 aromatic rings. The molecule has 0 aliphatic heterocycles. The largest absolute Gasteiger partial charge is 0.365 e. The molecule has 0 atom stereocenters. The summed E-state index contributed by atoms with van der Waals surface area (Å²) in [6.45, 7) is 3.55. The third kappa shape index (κ3) is 3.51. The van der Waals surface area contributed by atoms with Gasteiger partial charge in [0.2, 0.25) is 0 Å². The fraction of sp³-hybridized carbons (Fsp3) is 0.125. The number of aryl methyl sites for hydroxylation is 1. The predicted molar refractivity (Wildman–Crippen MR) is 86.4 cm³/mol. The Morgan fingerprint density at radius 1 is 1.30 bits per heavy atom. The highest BCUT2D eigenvalue weighted by Gasteiger charge is 2.12. The summed E-state index contributed by atoms with van der Waals surface area (Å²) < 4.78 is 5.03. The Morgan fingerprint density at radius 2 is 2.09 bits per heavy atom. The first kappa shape index (κ1) is 15.1. The van der Waals surface area contributed by atoms with E-state index in [1.807, 2.05) is 24.4 Å². The minimum atomic E-state index is -0.507. The molecule has 0 N–H and O–H groups in total. The van der Waals surface area contributed by atoms with Crippen molar-refractivity contribution in [1.82, 2.24) is 10.1 Å². The van der Waals surface area contributed by atoms with Crippen molar-refractivity contribution >= 4 is 23.0 Å². The Bertz CT molecular complexity index is 852. The van der Waals surface area contributed by atoms with Crippen LogP contribution in [0.1, 0.15) is 28.7 Å². The maximum absolute atomic E-state index is 11.8. The summed E-state index contributed by atoms with van der Waals surface area (Å²) >= 11 is 1.42. The van der Waals surface area contributed by atoms with E-state index >= 15 is 0 Å². The van der Waals surface area contributed by atoms with Crippen LogP contribution in [0, 0.1) is 6.92 Å². The number of oxime groups is 1. The van der Waals surface area contributed by atoms with Crippen LogP contribution in [0.4, 0.5) is 0 Å². The average molecular weight is 327 g/mol. The Labute approximate surface area is 136 Å². The van der Waals surface area contributed by atoms with Crippen LogP contribution >= 0.6 is 11.3 Å². The predicted octanol–water partition coefficient (Wildman–Crippen LogP) is 3.69. The van der Waals surface area contributed by atoms with Gasteiger partial charge in [-0.15, -0.1) is 11.3 Å². The molecule has 7 heteroatoms. The normalized spacial score (nSPS) is 11.5. The summed E-state index contributed by atoms with van der Waals surface area (Å²) in [6.07, 6.45) is 0. The van der Waals surface area contributed by atoms with Gasteiger partial charge in [-0.3, -0.25) is 0 Å². The lowest BCUT2D eigenvalue weighted by molar-refractivity contribution is 0.0516. The summed E-state index contributed by atoms with van der Waals surface area (Å²) in [7, 11) is 0. The van der Waals surface area contributed by atoms with Gasteiger partial charge in [-0.1, -0.05) is 28.5 Å². The fourth-order valence-corrected chi connectivity index (χ4v) is 2.62. The number of thiazole rings is 1. The van der Waals surface area contributed by atoms with E-state index in [0.29, 0.717) is 22.7 Å². The molecule has 0 fully saturated rings. The molecule has 0 unspecified atom stereocenters. The summed E-state index contributed by atoms with van der Waals surface area (Å²) in [5, 5.41) is 10.3. The molecule has 0 amide bonds. The molecule has 0 saturated carbocycles. The topological polar surface area (TPSA) is 77.6 Å². The van der Waals surface area contributed by atoms with E-state index in [4.69, 9.17) is 9.36 Å². The number of benzene rings is 1. The van der Waals surface area contributed by atoms with Crippen LogP contribution in [-0.2, 0) is 4.84 Å². The summed E-state index contributed by atoms with van der Waals surface area (Å²) in [6, 6.07) is 10.5. The van der Waals surface area contributed by atoms with Crippen molar-refractivity contribution in [1.29, 1.82) is 0 Å². The Balaban J connectivity index is 1.72. The molecule has 2 heterocycles. The zero-order valence-corrected chi connectivity index (χ0v) is 13.3. The van der Waals surface area contributed by atoms with E-state index in [0.717, 1.165) is 10.8 Å². The highest BCUT2D eigenvalue weighted by Crippen LogP contribution is 2.23. The molecule has 23 heavy (non-hydrogen) atoms. The molecule has 1 aromatic carbocycles. The van der Waals surface area contributed by atoms with Crippen LogP contribution in [-0.4, -0.2) is 21.8 Å². The van der Waals surface area contributed by atoms with E-state index in [1.54, 1.807) is 31.2 Å². The number of nitrogens with zero attached hydrogens (tertiary/aromatic N) is 3. The van der Waals surface area contributed by atoms with E-state index in [9.17, 15) is 4.79 Å². The summed E-state index contributed by atoms with van der Waals surface area (Å²) in [5.41, 5.74) is 2.26. The van der Waals surface area contributed by atoms with Crippen molar-refractivity contribution in [2.24, 2.45) is 5.16 Å². The highest BCUT2D eigenvalue weighted by molar-refractivity contribution is 7.13. The van der Waals surface area contributed by atoms with Gasteiger partial charge in [-0.05, 0) is 26.0 Å². The third-order valence-corrected chi connectivity index (χ3v) is 3.86. The van der Waals surface area contributed by atoms with Gasteiger partial charge in [-0.2, -0.15) is 0 Å². The minimum Gasteiger partial charge on any atom is -0.361 e. The van der Waals surface area contributed by atoms with E-state index in [1.165, 1.54) is 11.3 Å². The molecule has 116 valence electrons. The number of carbonyl (C=O) groups excluding carboxylic acids is 1. The van der Waals surface area contributed by atoms with Crippen molar-refractivity contribution in [2.75, 3.05) is 0 Å². The van der Waals surface area contributed by atoms with Crippen molar-refractivity contribution in [2.45, 2.75) is 13.8 Å². The number of rotatable bonds is 4. The van der Waals surface area contributed by atoms with Gasteiger partial charge in [0.15, 0.2) is 0 Å². The number of aromatic nitrogens is 2. The first-order valence-corrected chi connectivity index (χ1v) is 7.72. The summed E-state index contributed by atoms with van der Waals surface area (Å²) in [4.78, 5) is 21.2. The van der Waals surface area contributed by atoms with Gasteiger partial charge < -0.3 is 9.36 Å². The zero-order valence-electron chi connectivity index (χ0n) is 12.5. The number of hydrogen-bond acceptors (Lipinski definition) is 7. The standard InChI is InChI=1S/C16H13N3O3S/c1-10-8-13(19-21-10)15-17-14(9-23-15)11(2)18-22-16(20)12-6-4-3-5-7-12/h3-9H,1-2H3/b18-11-. The fourth-order valence-electron chi connectivity index (χ4n) is 1.81. The lowest BCUT2D eigenvalue weighted by Crippen LogP contribution is -2.04. The third-order valence-electron chi connectivity index (χ3n) is 3.00. The van der Waals surface area contributed by atoms with Gasteiger partial charge in [-0.25, -0.2) is 9.78 Å². The lowest BCUT2D eigenvalue weighted by Gasteiger charge is -1.98. The van der Waals surface area contributed by atoms with Crippen molar-refractivity contribution in [3.63, 3.8) is 0 Å². The second-order valence-corrected chi connectivity index (χ2v) is 5.64. The molecule has 0 bridgehead atoms. The van der Waals surface area contributed by atoms with Crippen molar-refractivity contribution in [3.05, 3.63) is 58.8 Å². The lowest BCUT2D eigenvalue weighted by atomic mass is 10.2. The molecule has 0 aliphatic rings. The molecular formula is C16H13N3O3S. The Hall–Kier alpha value is -2.80. The average Bonchev–Trinajstić information content (AvgIpc) is 3.22. The quantitative estimate of drug-likeness (QED) is 0.415. The van der Waals surface area contributed by atoms with E-state index in [2.05, 4.69) is 15.3 Å². The number of carbonyl (C=O) groups is 1. The van der Waals surface area contributed by atoms with Gasteiger partial charge in [0.1, 0.15) is 22.2 Å². The smallest absolute Gasteiger partial charge is 0.361 e. The first-order valence-electron chi connectivity index (χ1n) is 6.84. The SMILES string of the molecule is C/C(=N/OC(=O)c1ccccc1)c1csc(-c2cc(C)on2)n1. The molecule has 0 spiro atoms. The van der Waals surface area contributed by atoms with Crippen LogP contribution in [0.3, 0.4) is 0 Å². The minimum absolute atomic E-state index is 0.445. The van der Waals surface area contributed by atoms with Crippen LogP contribution in [0.5, 0.6) is 0 Å². The maximum atomic E-state index is 11.8. The molecule has 6 nitrogen and oxygen atoms in total. The maximum Gasteiger partial charge on any atom is 0.365 e. The zero-order chi connectivity index (χ0) is 16.2. The molecule has 3 rings (SSSR count). The van der Waals surface area contributed by atoms with Gasteiger partial charge in [0, 0.05) is 11.4 Å². The monoisotopic (exact) mass is 327 g/mol. The second kappa shape index (κ2) is 6.53. The van der Waals surface area contributed by atoms with Crippen molar-refractivity contribution in [3.8, 4) is 10.7 Å². The van der Waals surface area contributed by atoms with E-state index in [-0.39, 0.29) is 0 Å². The highest BCUT2D eigenvalue weighted by atomic mass is 32.1. The molecule has 2 aromatic heterocycles. The van der Waals surface area contributed by atoms with Crippen LogP contribution in [0.15, 0.2) is 51.5 Å². The molecular weight excluding hydrogens is 314 g/mol. The van der Waals surface area contributed by atoms with Crippen LogP contribution in [0.25, 0.3) is 10.7 Å².